The fourth-order valence-corrected chi connectivity index (χ4v) is 2.33. The Morgan fingerprint density at radius 1 is 1.25 bits per heavy atom. The summed E-state index contributed by atoms with van der Waals surface area (Å²) in [6.07, 6.45) is 4.36. The van der Waals surface area contributed by atoms with Crippen LogP contribution < -0.4 is 5.32 Å². The van der Waals surface area contributed by atoms with Crippen LogP contribution >= 0.6 is 0 Å². The Kier molecular flexibility index (Phi) is 4.17. The van der Waals surface area contributed by atoms with Crippen molar-refractivity contribution in [1.82, 2.24) is 0 Å². The largest absolute Gasteiger partial charge is 0.481 e. The van der Waals surface area contributed by atoms with Crippen molar-refractivity contribution in [2.75, 3.05) is 5.32 Å². The van der Waals surface area contributed by atoms with Gasteiger partial charge >= 0.3 is 5.97 Å². The molecule has 0 fully saturated rings. The van der Waals surface area contributed by atoms with Gasteiger partial charge in [-0.2, -0.15) is 0 Å². The molecule has 0 heterocycles. The van der Waals surface area contributed by atoms with E-state index in [0.29, 0.717) is 24.1 Å². The summed E-state index contributed by atoms with van der Waals surface area (Å²) < 4.78 is 13.2. The van der Waals surface area contributed by atoms with Crippen LogP contribution in [0.3, 0.4) is 0 Å². The highest BCUT2D eigenvalue weighted by Gasteiger charge is 2.33. The van der Waals surface area contributed by atoms with E-state index in [9.17, 15) is 14.0 Å². The molecule has 20 heavy (non-hydrogen) atoms. The second kappa shape index (κ2) is 5.86. The number of halogens is 1. The molecule has 0 spiro atoms. The van der Waals surface area contributed by atoms with Crippen molar-refractivity contribution in [3.8, 4) is 0 Å². The summed E-state index contributed by atoms with van der Waals surface area (Å²) >= 11 is 0. The predicted octanol–water partition coefficient (Wildman–Crippen LogP) is 2.74. The number of carboxylic acid groups (broad SMARTS) is 1. The van der Waals surface area contributed by atoms with Gasteiger partial charge in [0, 0.05) is 5.69 Å². The number of carboxylic acids is 1. The van der Waals surface area contributed by atoms with Gasteiger partial charge in [0.25, 0.3) is 0 Å². The van der Waals surface area contributed by atoms with Gasteiger partial charge in [-0.3, -0.25) is 9.59 Å². The Bertz CT molecular complexity index is 568. The molecule has 1 aliphatic carbocycles. The lowest BCUT2D eigenvalue weighted by Gasteiger charge is -2.24. The number of hydrogen-bond acceptors (Lipinski definition) is 2. The normalized spacial score (nSPS) is 21.5. The lowest BCUT2D eigenvalue weighted by Crippen LogP contribution is -2.34. The first-order valence-electron chi connectivity index (χ1n) is 6.44. The molecule has 0 radical (unpaired) electrons. The number of carbonyl (C=O) groups is 2. The van der Waals surface area contributed by atoms with Gasteiger partial charge in [-0.25, -0.2) is 4.39 Å². The molecule has 1 aliphatic rings. The molecule has 0 aliphatic heterocycles. The Morgan fingerprint density at radius 2 is 1.90 bits per heavy atom. The fraction of sp³-hybridized carbons (Fsp3) is 0.333. The number of allylic oxidation sites excluding steroid dienone is 2. The average molecular weight is 277 g/mol. The van der Waals surface area contributed by atoms with Gasteiger partial charge in [0.1, 0.15) is 5.82 Å². The molecule has 1 aromatic carbocycles. The molecular formula is C15H16FNO3. The molecule has 2 unspecified atom stereocenters. The van der Waals surface area contributed by atoms with Crippen LogP contribution in [0.15, 0.2) is 30.4 Å². The zero-order valence-electron chi connectivity index (χ0n) is 11.1. The van der Waals surface area contributed by atoms with E-state index in [0.717, 1.165) is 0 Å². The molecule has 2 N–H and O–H groups in total. The van der Waals surface area contributed by atoms with Crippen LogP contribution in [-0.4, -0.2) is 17.0 Å². The number of aliphatic carboxylic acids is 1. The first-order valence-corrected chi connectivity index (χ1v) is 6.44. The fourth-order valence-electron chi connectivity index (χ4n) is 2.33. The average Bonchev–Trinajstić information content (AvgIpc) is 2.43. The Labute approximate surface area is 116 Å². The number of rotatable bonds is 3. The third-order valence-electron chi connectivity index (χ3n) is 3.51. The topological polar surface area (TPSA) is 66.4 Å². The van der Waals surface area contributed by atoms with Crippen molar-refractivity contribution in [3.05, 3.63) is 41.7 Å². The van der Waals surface area contributed by atoms with Gasteiger partial charge in [0.15, 0.2) is 0 Å². The summed E-state index contributed by atoms with van der Waals surface area (Å²) in [7, 11) is 0. The van der Waals surface area contributed by atoms with Crippen molar-refractivity contribution in [2.24, 2.45) is 11.8 Å². The summed E-state index contributed by atoms with van der Waals surface area (Å²) in [6, 6.07) is 4.27. The first-order chi connectivity index (χ1) is 9.49. The van der Waals surface area contributed by atoms with Gasteiger partial charge in [-0.15, -0.1) is 0 Å². The van der Waals surface area contributed by atoms with Gasteiger partial charge in [-0.1, -0.05) is 12.2 Å². The molecule has 5 heteroatoms. The van der Waals surface area contributed by atoms with Crippen molar-refractivity contribution in [3.63, 3.8) is 0 Å². The SMILES string of the molecule is Cc1cc(NC(=O)C2CC=CCC2C(=O)O)ccc1F. The van der Waals surface area contributed by atoms with E-state index in [4.69, 9.17) is 5.11 Å². The number of anilines is 1. The van der Waals surface area contributed by atoms with Crippen LogP contribution in [0.5, 0.6) is 0 Å². The van der Waals surface area contributed by atoms with Crippen LogP contribution in [-0.2, 0) is 9.59 Å². The van der Waals surface area contributed by atoms with E-state index >= 15 is 0 Å². The molecule has 2 atom stereocenters. The van der Waals surface area contributed by atoms with Crippen molar-refractivity contribution >= 4 is 17.6 Å². The minimum Gasteiger partial charge on any atom is -0.481 e. The predicted molar refractivity (Wildman–Crippen MR) is 72.8 cm³/mol. The van der Waals surface area contributed by atoms with Gasteiger partial charge in [0.2, 0.25) is 5.91 Å². The number of aryl methyl sites for hydroxylation is 1. The number of benzene rings is 1. The van der Waals surface area contributed by atoms with Crippen molar-refractivity contribution in [1.29, 1.82) is 0 Å². The number of hydrogen-bond donors (Lipinski definition) is 2. The molecule has 106 valence electrons. The maximum atomic E-state index is 13.2. The summed E-state index contributed by atoms with van der Waals surface area (Å²) in [5.74, 6) is -2.95. The second-order valence-electron chi connectivity index (χ2n) is 4.95. The van der Waals surface area contributed by atoms with Crippen LogP contribution in [0.2, 0.25) is 0 Å². The summed E-state index contributed by atoms with van der Waals surface area (Å²) in [5.41, 5.74) is 0.911. The minimum atomic E-state index is -0.968. The van der Waals surface area contributed by atoms with E-state index in [1.807, 2.05) is 6.08 Å². The van der Waals surface area contributed by atoms with Crippen LogP contribution in [0.1, 0.15) is 18.4 Å². The smallest absolute Gasteiger partial charge is 0.307 e. The summed E-state index contributed by atoms with van der Waals surface area (Å²) in [5, 5.41) is 11.8. The number of carbonyl (C=O) groups excluding carboxylic acids is 1. The first kappa shape index (κ1) is 14.2. The zero-order valence-corrected chi connectivity index (χ0v) is 11.1. The maximum Gasteiger partial charge on any atom is 0.307 e. The third-order valence-corrected chi connectivity index (χ3v) is 3.51. The van der Waals surface area contributed by atoms with E-state index in [1.54, 1.807) is 13.0 Å². The molecule has 4 nitrogen and oxygen atoms in total. The van der Waals surface area contributed by atoms with Crippen LogP contribution in [0, 0.1) is 24.6 Å². The third kappa shape index (κ3) is 3.04. The lowest BCUT2D eigenvalue weighted by atomic mass is 9.82. The van der Waals surface area contributed by atoms with E-state index < -0.39 is 17.8 Å². The van der Waals surface area contributed by atoms with E-state index in [-0.39, 0.29) is 11.7 Å². The summed E-state index contributed by atoms with van der Waals surface area (Å²) in [6.45, 7) is 1.61. The van der Waals surface area contributed by atoms with Crippen LogP contribution in [0.25, 0.3) is 0 Å². The zero-order chi connectivity index (χ0) is 14.7. The standard InChI is InChI=1S/C15H16FNO3/c1-9-8-10(6-7-13(9)16)17-14(18)11-4-2-3-5-12(11)15(19)20/h2-3,6-8,11-12H,4-5H2,1H3,(H,17,18)(H,19,20). The Hall–Kier alpha value is -2.17. The second-order valence-corrected chi connectivity index (χ2v) is 4.95. The lowest BCUT2D eigenvalue weighted by molar-refractivity contribution is -0.146. The molecule has 0 aromatic heterocycles. The number of amides is 1. The van der Waals surface area contributed by atoms with Gasteiger partial charge < -0.3 is 10.4 Å². The molecule has 1 aromatic rings. The molecule has 0 saturated carbocycles. The highest BCUT2D eigenvalue weighted by atomic mass is 19.1. The molecule has 0 bridgehead atoms. The Morgan fingerprint density at radius 3 is 2.50 bits per heavy atom. The van der Waals surface area contributed by atoms with E-state index in [2.05, 4.69) is 5.32 Å². The molecule has 1 amide bonds. The maximum absolute atomic E-state index is 13.2. The van der Waals surface area contributed by atoms with E-state index in [1.165, 1.54) is 18.2 Å². The highest BCUT2D eigenvalue weighted by molar-refractivity contribution is 5.95. The quantitative estimate of drug-likeness (QED) is 0.835. The molecular weight excluding hydrogens is 261 g/mol. The van der Waals surface area contributed by atoms with Gasteiger partial charge in [0.05, 0.1) is 11.8 Å². The monoisotopic (exact) mass is 277 g/mol. The van der Waals surface area contributed by atoms with Crippen LogP contribution in [0.4, 0.5) is 10.1 Å². The molecule has 0 saturated heterocycles. The number of nitrogens with one attached hydrogen (secondary N) is 1. The minimum absolute atomic E-state index is 0.340. The van der Waals surface area contributed by atoms with Crippen molar-refractivity contribution in [2.45, 2.75) is 19.8 Å². The summed E-state index contributed by atoms with van der Waals surface area (Å²) in [4.78, 5) is 23.3. The van der Waals surface area contributed by atoms with Crippen molar-refractivity contribution < 1.29 is 19.1 Å². The van der Waals surface area contributed by atoms with Gasteiger partial charge in [-0.05, 0) is 43.5 Å². The Balaban J connectivity index is 2.12. The molecule has 2 rings (SSSR count). The highest BCUT2D eigenvalue weighted by Crippen LogP contribution is 2.27.